The van der Waals surface area contributed by atoms with Crippen molar-refractivity contribution in [1.82, 2.24) is 0 Å². The number of benzene rings is 6. The Morgan fingerprint density at radius 2 is 0.883 bits per heavy atom. The van der Waals surface area contributed by atoms with Gasteiger partial charge < -0.3 is 51.3 Å². The van der Waals surface area contributed by atoms with Gasteiger partial charge in [-0.15, -0.1) is 0 Å². The molecule has 6 aromatic carbocycles. The second kappa shape index (κ2) is 19.5. The summed E-state index contributed by atoms with van der Waals surface area (Å²) in [5.41, 5.74) is 13.1. The minimum Gasteiger partial charge on any atom is -0.478 e. The van der Waals surface area contributed by atoms with Crippen molar-refractivity contribution in [1.29, 1.82) is 0 Å². The van der Waals surface area contributed by atoms with Gasteiger partial charge in [0, 0.05) is 22.5 Å². The number of nitrogens with two attached hydrogens (primary N) is 2. The molecule has 0 spiro atoms. The summed E-state index contributed by atoms with van der Waals surface area (Å²) >= 11 is 0. The summed E-state index contributed by atoms with van der Waals surface area (Å²) in [7, 11) is 2.42. The van der Waals surface area contributed by atoms with Crippen LogP contribution in [0.2, 0.25) is 0 Å². The number of methoxy groups -OCH3 is 2. The van der Waals surface area contributed by atoms with Crippen LogP contribution >= 0.6 is 0 Å². The van der Waals surface area contributed by atoms with Crippen molar-refractivity contribution in [3.63, 3.8) is 0 Å². The number of carboxylic acids is 2. The Morgan fingerprint density at radius 1 is 0.467 bits per heavy atom. The molecule has 8 N–H and O–H groups in total. The van der Waals surface area contributed by atoms with Crippen LogP contribution in [0.4, 0.5) is 22.7 Å². The highest BCUT2D eigenvalue weighted by Crippen LogP contribution is 2.33. The number of esters is 2. The van der Waals surface area contributed by atoms with Gasteiger partial charge in [-0.2, -0.15) is 0 Å². The molecule has 6 aromatic rings. The van der Waals surface area contributed by atoms with E-state index in [2.05, 4.69) is 10.6 Å². The largest absolute Gasteiger partial charge is 0.478 e. The number of nitrogen functional groups attached to an aromatic ring is 2. The molecule has 0 aromatic heterocycles. The SMILES string of the molecule is COC(=O)c1ccc(Oc2ccccc2NC(=O)c2cccc(N)c2)cc1C(=O)OC.Nc1cccc(C(=O)Nc2ccccc2Oc2ccc(C(=O)O)c(C(=O)O)c2)c1. The van der Waals surface area contributed by atoms with Gasteiger partial charge in [0.2, 0.25) is 0 Å². The molecule has 0 saturated heterocycles. The number of hydrogen-bond donors (Lipinski definition) is 6. The summed E-state index contributed by atoms with van der Waals surface area (Å²) in [5.74, 6) is -3.95. The van der Waals surface area contributed by atoms with Gasteiger partial charge in [-0.05, 0) is 97.1 Å². The average Bonchev–Trinajstić information content (AvgIpc) is 3.24. The Kier molecular flexibility index (Phi) is 13.8. The Bertz CT molecular complexity index is 2610. The summed E-state index contributed by atoms with van der Waals surface area (Å²) in [5, 5.41) is 23.8. The van der Waals surface area contributed by atoms with Crippen molar-refractivity contribution in [2.45, 2.75) is 0 Å². The third kappa shape index (κ3) is 10.8. The minimum atomic E-state index is -1.39. The number of carbonyl (C=O) groups excluding carboxylic acids is 4. The Labute approximate surface area is 341 Å². The van der Waals surface area contributed by atoms with Crippen molar-refractivity contribution in [2.24, 2.45) is 0 Å². The zero-order chi connectivity index (χ0) is 43.3. The van der Waals surface area contributed by atoms with Crippen molar-refractivity contribution >= 4 is 58.4 Å². The van der Waals surface area contributed by atoms with Gasteiger partial charge in [-0.3, -0.25) is 9.59 Å². The number of rotatable bonds is 12. The Hall–Kier alpha value is -8.66. The predicted molar refractivity (Wildman–Crippen MR) is 220 cm³/mol. The average molecular weight is 813 g/mol. The number of amides is 2. The summed E-state index contributed by atoms with van der Waals surface area (Å²) in [6, 6.07) is 34.3. The molecule has 16 heteroatoms. The lowest BCUT2D eigenvalue weighted by Crippen LogP contribution is -2.13. The molecule has 0 atom stereocenters. The number of hydrogen-bond acceptors (Lipinski definition) is 12. The first-order valence-corrected chi connectivity index (χ1v) is 17.6. The molecule has 16 nitrogen and oxygen atoms in total. The van der Waals surface area contributed by atoms with Crippen LogP contribution in [0.1, 0.15) is 62.1 Å². The van der Waals surface area contributed by atoms with Crippen LogP contribution < -0.4 is 31.6 Å². The van der Waals surface area contributed by atoms with Gasteiger partial charge in [0.05, 0.1) is 47.8 Å². The van der Waals surface area contributed by atoms with Crippen molar-refractivity contribution in [2.75, 3.05) is 36.3 Å². The molecule has 0 aliphatic heterocycles. The molecule has 304 valence electrons. The quantitative estimate of drug-likeness (QED) is 0.0514. The van der Waals surface area contributed by atoms with Crippen LogP contribution in [0.5, 0.6) is 23.0 Å². The van der Waals surface area contributed by atoms with Gasteiger partial charge >= 0.3 is 23.9 Å². The summed E-state index contributed by atoms with van der Waals surface area (Å²) in [6.45, 7) is 0. The van der Waals surface area contributed by atoms with Crippen molar-refractivity contribution < 1.29 is 57.9 Å². The van der Waals surface area contributed by atoms with Crippen LogP contribution in [0.3, 0.4) is 0 Å². The fourth-order valence-electron chi connectivity index (χ4n) is 5.42. The lowest BCUT2D eigenvalue weighted by atomic mass is 10.1. The molecule has 0 unspecified atom stereocenters. The van der Waals surface area contributed by atoms with Crippen LogP contribution in [0, 0.1) is 0 Å². The maximum Gasteiger partial charge on any atom is 0.338 e. The van der Waals surface area contributed by atoms with Crippen LogP contribution in [-0.2, 0) is 9.47 Å². The molecule has 0 aliphatic rings. The van der Waals surface area contributed by atoms with Crippen LogP contribution in [-0.4, -0.2) is 60.1 Å². The number of carboxylic acid groups (broad SMARTS) is 2. The lowest BCUT2D eigenvalue weighted by molar-refractivity contribution is 0.0555. The molecule has 0 bridgehead atoms. The van der Waals surface area contributed by atoms with E-state index in [1.807, 2.05) is 0 Å². The smallest absolute Gasteiger partial charge is 0.338 e. The highest BCUT2D eigenvalue weighted by atomic mass is 16.5. The van der Waals surface area contributed by atoms with E-state index < -0.39 is 35.3 Å². The van der Waals surface area contributed by atoms with Gasteiger partial charge in [0.15, 0.2) is 11.5 Å². The fraction of sp³-hybridized carbons (Fsp3) is 0.0455. The monoisotopic (exact) mass is 812 g/mol. The van der Waals surface area contributed by atoms with Gasteiger partial charge in [-0.1, -0.05) is 36.4 Å². The molecule has 2 amide bonds. The molecule has 60 heavy (non-hydrogen) atoms. The molecule has 0 aliphatic carbocycles. The number of anilines is 4. The minimum absolute atomic E-state index is 0.00636. The van der Waals surface area contributed by atoms with Gasteiger partial charge in [0.1, 0.15) is 11.5 Å². The van der Waals surface area contributed by atoms with Crippen molar-refractivity contribution in [3.05, 3.63) is 167 Å². The maximum atomic E-state index is 12.6. The highest BCUT2D eigenvalue weighted by molar-refractivity contribution is 6.07. The normalized spacial score (nSPS) is 10.2. The Morgan fingerprint density at radius 3 is 1.32 bits per heavy atom. The molecule has 0 saturated carbocycles. The summed E-state index contributed by atoms with van der Waals surface area (Å²) in [6.07, 6.45) is 0. The third-order valence-corrected chi connectivity index (χ3v) is 8.28. The summed E-state index contributed by atoms with van der Waals surface area (Å²) in [4.78, 5) is 71.6. The molecule has 0 heterocycles. The third-order valence-electron chi connectivity index (χ3n) is 8.28. The van der Waals surface area contributed by atoms with E-state index in [-0.39, 0.29) is 39.8 Å². The first-order valence-electron chi connectivity index (χ1n) is 17.6. The second-order valence-electron chi connectivity index (χ2n) is 12.4. The number of nitrogens with one attached hydrogen (secondary N) is 2. The fourth-order valence-corrected chi connectivity index (χ4v) is 5.42. The van der Waals surface area contributed by atoms with Gasteiger partial charge in [-0.25, -0.2) is 19.2 Å². The van der Waals surface area contributed by atoms with Crippen LogP contribution in [0.15, 0.2) is 133 Å². The van der Waals surface area contributed by atoms with E-state index in [9.17, 15) is 33.9 Å². The highest BCUT2D eigenvalue weighted by Gasteiger charge is 2.21. The van der Waals surface area contributed by atoms with E-state index in [1.165, 1.54) is 44.6 Å². The second-order valence-corrected chi connectivity index (χ2v) is 12.4. The Balaban J connectivity index is 0.000000228. The lowest BCUT2D eigenvalue weighted by Gasteiger charge is -2.14. The van der Waals surface area contributed by atoms with E-state index in [1.54, 1.807) is 91.0 Å². The van der Waals surface area contributed by atoms with Gasteiger partial charge in [0.25, 0.3) is 11.8 Å². The molecular weight excluding hydrogens is 776 g/mol. The molecule has 6 rings (SSSR count). The molecular formula is C44H36N4O12. The zero-order valence-corrected chi connectivity index (χ0v) is 31.8. The van der Waals surface area contributed by atoms with E-state index >= 15 is 0 Å². The first kappa shape index (κ1) is 42.5. The van der Waals surface area contributed by atoms with E-state index in [4.69, 9.17) is 35.5 Å². The van der Waals surface area contributed by atoms with Crippen LogP contribution in [0.25, 0.3) is 0 Å². The first-order chi connectivity index (χ1) is 28.8. The molecule has 0 fully saturated rings. The topological polar surface area (TPSA) is 256 Å². The summed E-state index contributed by atoms with van der Waals surface area (Å²) < 4.78 is 21.0. The zero-order valence-electron chi connectivity index (χ0n) is 31.8. The number of ether oxygens (including phenoxy) is 4. The standard InChI is InChI=1S/C23H20N2O6.C21H16N2O6/c1-29-22(27)17-11-10-16(13-18(17)23(28)30-2)31-20-9-4-3-8-19(20)25-21(26)14-6-5-7-15(24)12-14;22-13-5-3-4-12(10-13)19(24)23-17-6-1-2-7-18(17)29-14-8-9-15(20(25)26)16(11-14)21(27)28/h3-13H,24H2,1-2H3,(H,25,26);1-11H,22H2,(H,23,24)(H,25,26)(H,27,28). The number of aromatic carboxylic acids is 2. The molecule has 0 radical (unpaired) electrons. The number of para-hydroxylation sites is 4. The maximum absolute atomic E-state index is 12.6. The van der Waals surface area contributed by atoms with E-state index in [0.29, 0.717) is 39.6 Å². The van der Waals surface area contributed by atoms with Crippen molar-refractivity contribution in [3.8, 4) is 23.0 Å². The van der Waals surface area contributed by atoms with E-state index in [0.717, 1.165) is 12.1 Å². The predicted octanol–water partition coefficient (Wildman–Crippen LogP) is 7.60. The number of carbonyl (C=O) groups is 6.